The zero-order valence-electron chi connectivity index (χ0n) is 10.2. The second-order valence-corrected chi connectivity index (χ2v) is 3.86. The molecule has 0 atom stereocenters. The van der Waals surface area contributed by atoms with Gasteiger partial charge in [0.05, 0.1) is 26.4 Å². The van der Waals surface area contributed by atoms with Crippen molar-refractivity contribution in [2.75, 3.05) is 46.6 Å². The summed E-state index contributed by atoms with van der Waals surface area (Å²) >= 11 is 3.69. The molecule has 0 aromatic rings. The van der Waals surface area contributed by atoms with Gasteiger partial charge in [-0.3, -0.25) is 0 Å². The Morgan fingerprint density at radius 3 is 2.44 bits per heavy atom. The van der Waals surface area contributed by atoms with Crippen molar-refractivity contribution in [2.24, 2.45) is 0 Å². The van der Waals surface area contributed by atoms with Gasteiger partial charge in [-0.25, -0.2) is 0 Å². The van der Waals surface area contributed by atoms with Crippen molar-refractivity contribution in [3.8, 4) is 0 Å². The lowest BCUT2D eigenvalue weighted by molar-refractivity contribution is 0.0720. The molecule has 0 fully saturated rings. The highest BCUT2D eigenvalue weighted by molar-refractivity contribution is 7.75. The van der Waals surface area contributed by atoms with E-state index in [4.69, 9.17) is 9.47 Å². The van der Waals surface area contributed by atoms with Crippen LogP contribution in [0.3, 0.4) is 0 Å². The summed E-state index contributed by atoms with van der Waals surface area (Å²) in [5.41, 5.74) is 0. The molecule has 4 nitrogen and oxygen atoms in total. The van der Waals surface area contributed by atoms with Gasteiger partial charge in [0.25, 0.3) is 0 Å². The van der Waals surface area contributed by atoms with Crippen LogP contribution in [0.2, 0.25) is 0 Å². The largest absolute Gasteiger partial charge is 0.382 e. The molecule has 0 spiro atoms. The van der Waals surface area contributed by atoms with Gasteiger partial charge in [-0.05, 0) is 32.3 Å². The number of unbranched alkanes of at least 4 members (excludes halogenated alkanes) is 3. The molecule has 0 heterocycles. The molecule has 0 aliphatic heterocycles. The van der Waals surface area contributed by atoms with Gasteiger partial charge in [0.1, 0.15) is 0 Å². The van der Waals surface area contributed by atoms with E-state index in [0.717, 1.165) is 32.7 Å². The van der Waals surface area contributed by atoms with Crippen molar-refractivity contribution in [3.05, 3.63) is 0 Å². The van der Waals surface area contributed by atoms with Gasteiger partial charge in [-0.1, -0.05) is 12.8 Å². The van der Waals surface area contributed by atoms with E-state index in [0.29, 0.717) is 13.2 Å². The Hall–Kier alpha value is 0.190. The molecule has 0 radical (unpaired) electrons. The highest BCUT2D eigenvalue weighted by Gasteiger charge is 1.91. The van der Waals surface area contributed by atoms with Gasteiger partial charge in [-0.2, -0.15) is 0 Å². The van der Waals surface area contributed by atoms with Crippen LogP contribution in [0.4, 0.5) is 0 Å². The van der Waals surface area contributed by atoms with E-state index < -0.39 is 0 Å². The third-order valence-electron chi connectivity index (χ3n) is 2.19. The molecule has 0 unspecified atom stereocenters. The van der Waals surface area contributed by atoms with Crippen molar-refractivity contribution in [1.82, 2.24) is 5.32 Å². The molecule has 1 N–H and O–H groups in total. The van der Waals surface area contributed by atoms with Crippen molar-refractivity contribution in [2.45, 2.75) is 25.7 Å². The number of ether oxygens (including phenoxy) is 2. The molecule has 0 saturated carbocycles. The standard InChI is InChI=1S/C11H25NO3S/c1-13-10-11-14-9-7-12-6-4-2-3-5-8-15-16/h12,16H,2-11H2,1H3. The monoisotopic (exact) mass is 251 g/mol. The minimum absolute atomic E-state index is 0.674. The maximum absolute atomic E-state index is 5.32. The Balaban J connectivity index is 2.83. The Bertz CT molecular complexity index is 114. The Morgan fingerprint density at radius 2 is 1.69 bits per heavy atom. The van der Waals surface area contributed by atoms with Crippen LogP contribution in [-0.4, -0.2) is 46.6 Å². The molecule has 0 aliphatic rings. The van der Waals surface area contributed by atoms with E-state index in [1.165, 1.54) is 19.3 Å². The fourth-order valence-corrected chi connectivity index (χ4v) is 1.41. The second-order valence-electron chi connectivity index (χ2n) is 3.60. The van der Waals surface area contributed by atoms with Crippen molar-refractivity contribution in [3.63, 3.8) is 0 Å². The zero-order valence-corrected chi connectivity index (χ0v) is 11.1. The van der Waals surface area contributed by atoms with Crippen molar-refractivity contribution in [1.29, 1.82) is 0 Å². The first kappa shape index (κ1) is 16.2. The number of rotatable bonds is 13. The van der Waals surface area contributed by atoms with Crippen LogP contribution in [0.5, 0.6) is 0 Å². The Morgan fingerprint density at radius 1 is 0.875 bits per heavy atom. The highest BCUT2D eigenvalue weighted by atomic mass is 32.1. The summed E-state index contributed by atoms with van der Waals surface area (Å²) in [6.07, 6.45) is 4.77. The highest BCUT2D eigenvalue weighted by Crippen LogP contribution is 1.99. The summed E-state index contributed by atoms with van der Waals surface area (Å²) in [4.78, 5) is 0. The first-order valence-electron chi connectivity index (χ1n) is 5.95. The van der Waals surface area contributed by atoms with E-state index >= 15 is 0 Å². The summed E-state index contributed by atoms with van der Waals surface area (Å²) < 4.78 is 14.9. The summed E-state index contributed by atoms with van der Waals surface area (Å²) in [5, 5.41) is 3.34. The van der Waals surface area contributed by atoms with Crippen LogP contribution >= 0.6 is 12.9 Å². The maximum Gasteiger partial charge on any atom is 0.0700 e. The number of thiol groups is 1. The quantitative estimate of drug-likeness (QED) is 0.297. The molecule has 0 amide bonds. The van der Waals surface area contributed by atoms with Crippen LogP contribution in [0, 0.1) is 0 Å². The minimum atomic E-state index is 0.674. The smallest absolute Gasteiger partial charge is 0.0700 e. The molecule has 16 heavy (non-hydrogen) atoms. The lowest BCUT2D eigenvalue weighted by atomic mass is 10.2. The molecule has 5 heteroatoms. The van der Waals surface area contributed by atoms with Crippen LogP contribution < -0.4 is 5.32 Å². The van der Waals surface area contributed by atoms with Gasteiger partial charge in [0, 0.05) is 13.7 Å². The van der Waals surface area contributed by atoms with Crippen molar-refractivity contribution < 1.29 is 13.7 Å². The maximum atomic E-state index is 5.32. The van der Waals surface area contributed by atoms with Crippen molar-refractivity contribution >= 4 is 12.9 Å². The van der Waals surface area contributed by atoms with E-state index in [2.05, 4.69) is 22.4 Å². The fourth-order valence-electron chi connectivity index (χ4n) is 1.28. The minimum Gasteiger partial charge on any atom is -0.382 e. The SMILES string of the molecule is COCCOCCNCCCCCCOS. The Kier molecular flexibility index (Phi) is 15.4. The predicted octanol–water partition coefficient (Wildman–Crippen LogP) is 1.66. The number of hydrogen-bond acceptors (Lipinski definition) is 5. The van der Waals surface area contributed by atoms with E-state index in [1.807, 2.05) is 0 Å². The number of hydrogen-bond donors (Lipinski definition) is 2. The fraction of sp³-hybridized carbons (Fsp3) is 1.00. The van der Waals surface area contributed by atoms with Crippen LogP contribution in [0.1, 0.15) is 25.7 Å². The molecular formula is C11H25NO3S. The van der Waals surface area contributed by atoms with E-state index in [-0.39, 0.29) is 0 Å². The van der Waals surface area contributed by atoms with Gasteiger partial charge in [0.2, 0.25) is 0 Å². The zero-order chi connectivity index (χ0) is 11.9. The molecule has 0 saturated heterocycles. The van der Waals surface area contributed by atoms with E-state index in [1.54, 1.807) is 7.11 Å². The van der Waals surface area contributed by atoms with Gasteiger partial charge >= 0.3 is 0 Å². The molecular weight excluding hydrogens is 226 g/mol. The van der Waals surface area contributed by atoms with E-state index in [9.17, 15) is 0 Å². The first-order valence-corrected chi connectivity index (χ1v) is 6.32. The van der Waals surface area contributed by atoms with Crippen LogP contribution in [-0.2, 0) is 13.7 Å². The normalized spacial score (nSPS) is 10.9. The average Bonchev–Trinajstić information content (AvgIpc) is 2.31. The summed E-state index contributed by atoms with van der Waals surface area (Å²) in [6, 6.07) is 0. The topological polar surface area (TPSA) is 39.7 Å². The molecule has 0 bridgehead atoms. The average molecular weight is 251 g/mol. The summed E-state index contributed by atoms with van der Waals surface area (Å²) in [7, 11) is 1.68. The lowest BCUT2D eigenvalue weighted by Gasteiger charge is -2.05. The first-order chi connectivity index (χ1) is 7.91. The molecule has 0 aliphatic carbocycles. The van der Waals surface area contributed by atoms with Crippen LogP contribution in [0.25, 0.3) is 0 Å². The van der Waals surface area contributed by atoms with Gasteiger partial charge < -0.3 is 19.0 Å². The predicted molar refractivity (Wildman–Crippen MR) is 69.0 cm³/mol. The summed E-state index contributed by atoms with van der Waals surface area (Å²) in [6.45, 7) is 4.86. The number of methoxy groups -OCH3 is 1. The Labute approximate surface area is 105 Å². The molecule has 0 aromatic carbocycles. The third kappa shape index (κ3) is 14.2. The lowest BCUT2D eigenvalue weighted by Crippen LogP contribution is -2.21. The molecule has 98 valence electrons. The molecule has 0 rings (SSSR count). The molecule has 0 aromatic heterocycles. The second kappa shape index (κ2) is 15.2. The van der Waals surface area contributed by atoms with Crippen LogP contribution in [0.15, 0.2) is 0 Å². The number of nitrogens with one attached hydrogen (secondary N) is 1. The third-order valence-corrected chi connectivity index (χ3v) is 2.38. The van der Waals surface area contributed by atoms with Gasteiger partial charge in [0.15, 0.2) is 0 Å². The summed E-state index contributed by atoms with van der Waals surface area (Å²) in [5.74, 6) is 0. The van der Waals surface area contributed by atoms with Gasteiger partial charge in [-0.15, -0.1) is 0 Å².